The number of nitrogens with one attached hydrogen (secondary N) is 2. The number of urea groups is 1. The quantitative estimate of drug-likeness (QED) is 0.738. The summed E-state index contributed by atoms with van der Waals surface area (Å²) in [5, 5.41) is 5.57. The van der Waals surface area contributed by atoms with E-state index in [2.05, 4.69) is 26.6 Å². The van der Waals surface area contributed by atoms with Gasteiger partial charge in [0.15, 0.2) is 0 Å². The van der Waals surface area contributed by atoms with Crippen LogP contribution in [-0.4, -0.2) is 29.3 Å². The summed E-state index contributed by atoms with van der Waals surface area (Å²) in [7, 11) is 0. The Kier molecular flexibility index (Phi) is 4.47. The summed E-state index contributed by atoms with van der Waals surface area (Å²) < 4.78 is 0.827. The van der Waals surface area contributed by atoms with E-state index in [4.69, 9.17) is 0 Å². The van der Waals surface area contributed by atoms with E-state index in [1.165, 1.54) is 0 Å². The van der Waals surface area contributed by atoms with Gasteiger partial charge in [-0.05, 0) is 48.6 Å². The summed E-state index contributed by atoms with van der Waals surface area (Å²) in [5.41, 5.74) is 1.45. The Hall–Kier alpha value is -2.67. The van der Waals surface area contributed by atoms with Gasteiger partial charge in [0, 0.05) is 10.2 Å². The van der Waals surface area contributed by atoms with E-state index >= 15 is 0 Å². The van der Waals surface area contributed by atoms with E-state index in [9.17, 15) is 14.4 Å². The van der Waals surface area contributed by atoms with Gasteiger partial charge in [-0.1, -0.05) is 46.3 Å². The molecule has 0 unspecified atom stereocenters. The second-order valence-electron chi connectivity index (χ2n) is 6.80. The summed E-state index contributed by atoms with van der Waals surface area (Å²) in [4.78, 5) is 39.1. The average Bonchev–Trinajstić information content (AvgIpc) is 2.87. The van der Waals surface area contributed by atoms with E-state index in [-0.39, 0.29) is 12.5 Å². The smallest absolute Gasteiger partial charge is 0.324 e. The number of carbonyl (C=O) groups excluding carboxylic acids is 3. The van der Waals surface area contributed by atoms with E-state index in [1.54, 1.807) is 18.2 Å². The molecule has 0 saturated carbocycles. The minimum atomic E-state index is -1.05. The molecule has 138 valence electrons. The van der Waals surface area contributed by atoms with Crippen LogP contribution in [0.25, 0.3) is 0 Å². The predicted octanol–water partition coefficient (Wildman–Crippen LogP) is 3.17. The molecule has 1 spiro atoms. The third-order valence-corrected chi connectivity index (χ3v) is 5.55. The fourth-order valence-corrected chi connectivity index (χ4v) is 4.26. The van der Waals surface area contributed by atoms with Crippen molar-refractivity contribution in [2.75, 3.05) is 11.9 Å². The van der Waals surface area contributed by atoms with Gasteiger partial charge >= 0.3 is 6.03 Å². The molecule has 2 aromatic carbocycles. The predicted molar refractivity (Wildman–Crippen MR) is 104 cm³/mol. The highest BCUT2D eigenvalue weighted by Crippen LogP contribution is 2.39. The number of halogens is 1. The highest BCUT2D eigenvalue weighted by Gasteiger charge is 2.54. The SMILES string of the molecule is O=C(CN1C(=O)N[C@@]2(CCCc3ccccc32)C1=O)Nc1cccc(Br)c1. The number of carbonyl (C=O) groups is 3. The summed E-state index contributed by atoms with van der Waals surface area (Å²) >= 11 is 3.34. The number of hydrogen-bond acceptors (Lipinski definition) is 3. The first kappa shape index (κ1) is 17.7. The first-order valence-corrected chi connectivity index (χ1v) is 9.57. The molecule has 4 rings (SSSR count). The molecule has 1 aliphatic carbocycles. The van der Waals surface area contributed by atoms with Crippen LogP contribution in [0.4, 0.5) is 10.5 Å². The van der Waals surface area contributed by atoms with Crippen molar-refractivity contribution in [1.29, 1.82) is 0 Å². The molecule has 1 atom stereocenters. The molecule has 0 radical (unpaired) electrons. The maximum Gasteiger partial charge on any atom is 0.325 e. The summed E-state index contributed by atoms with van der Waals surface area (Å²) in [6.45, 7) is -0.318. The molecule has 1 fully saturated rings. The van der Waals surface area contributed by atoms with Crippen LogP contribution in [0.15, 0.2) is 53.0 Å². The number of imide groups is 1. The second-order valence-corrected chi connectivity index (χ2v) is 7.71. The van der Waals surface area contributed by atoms with Crippen molar-refractivity contribution < 1.29 is 14.4 Å². The van der Waals surface area contributed by atoms with E-state index < -0.39 is 17.5 Å². The Morgan fingerprint density at radius 2 is 2.00 bits per heavy atom. The van der Waals surface area contributed by atoms with Crippen molar-refractivity contribution in [3.63, 3.8) is 0 Å². The number of benzene rings is 2. The minimum absolute atomic E-state index is 0.318. The van der Waals surface area contributed by atoms with E-state index in [1.807, 2.05) is 30.3 Å². The maximum absolute atomic E-state index is 13.2. The van der Waals surface area contributed by atoms with Crippen LogP contribution in [0.2, 0.25) is 0 Å². The standard InChI is InChI=1S/C20H18BrN3O3/c21-14-7-3-8-15(11-14)22-17(25)12-24-18(26)20(23-19(24)27)10-4-6-13-5-1-2-9-16(13)20/h1-3,5,7-9,11H,4,6,10,12H2,(H,22,25)(H,23,27)/t20-/m1/s1. The molecule has 0 aromatic heterocycles. The molecule has 1 saturated heterocycles. The number of aryl methyl sites for hydroxylation is 1. The zero-order valence-electron chi connectivity index (χ0n) is 14.5. The van der Waals surface area contributed by atoms with Crippen LogP contribution in [-0.2, 0) is 21.5 Å². The molecular weight excluding hydrogens is 410 g/mol. The number of anilines is 1. The lowest BCUT2D eigenvalue weighted by atomic mass is 9.76. The molecule has 7 heteroatoms. The van der Waals surface area contributed by atoms with Crippen molar-refractivity contribution in [3.05, 3.63) is 64.1 Å². The van der Waals surface area contributed by atoms with Crippen molar-refractivity contribution in [2.45, 2.75) is 24.8 Å². The molecule has 1 heterocycles. The summed E-state index contributed by atoms with van der Waals surface area (Å²) in [6, 6.07) is 14.3. The third kappa shape index (κ3) is 3.12. The first-order chi connectivity index (χ1) is 13.0. The largest absolute Gasteiger partial charge is 0.325 e. The molecule has 2 aromatic rings. The van der Waals surface area contributed by atoms with Crippen LogP contribution in [0, 0.1) is 0 Å². The number of hydrogen-bond donors (Lipinski definition) is 2. The van der Waals surface area contributed by atoms with E-state index in [0.29, 0.717) is 12.1 Å². The van der Waals surface area contributed by atoms with Crippen molar-refractivity contribution >= 4 is 39.5 Å². The molecule has 27 heavy (non-hydrogen) atoms. The van der Waals surface area contributed by atoms with Gasteiger partial charge in [0.1, 0.15) is 12.1 Å². The fourth-order valence-electron chi connectivity index (χ4n) is 3.87. The highest BCUT2D eigenvalue weighted by molar-refractivity contribution is 9.10. The van der Waals surface area contributed by atoms with Gasteiger partial charge < -0.3 is 10.6 Å². The van der Waals surface area contributed by atoms with Crippen LogP contribution >= 0.6 is 15.9 Å². The van der Waals surface area contributed by atoms with Crippen molar-refractivity contribution in [3.8, 4) is 0 Å². The topological polar surface area (TPSA) is 78.5 Å². The van der Waals surface area contributed by atoms with Gasteiger partial charge in [0.05, 0.1) is 0 Å². The summed E-state index contributed by atoms with van der Waals surface area (Å²) in [6.07, 6.45) is 2.23. The monoisotopic (exact) mass is 427 g/mol. The fraction of sp³-hybridized carbons (Fsp3) is 0.250. The molecule has 2 aliphatic rings. The van der Waals surface area contributed by atoms with Gasteiger partial charge in [0.2, 0.25) is 5.91 Å². The molecule has 1 aliphatic heterocycles. The van der Waals surface area contributed by atoms with Gasteiger partial charge in [-0.25, -0.2) is 4.79 Å². The number of amides is 4. The minimum Gasteiger partial charge on any atom is -0.324 e. The zero-order valence-corrected chi connectivity index (χ0v) is 16.1. The van der Waals surface area contributed by atoms with Crippen molar-refractivity contribution in [2.24, 2.45) is 0 Å². The zero-order chi connectivity index (χ0) is 19.0. The molecule has 4 amide bonds. The molecule has 2 N–H and O–H groups in total. The Bertz CT molecular complexity index is 946. The Labute approximate surface area is 165 Å². The average molecular weight is 428 g/mol. The Morgan fingerprint density at radius 1 is 1.19 bits per heavy atom. The van der Waals surface area contributed by atoms with Gasteiger partial charge in [-0.2, -0.15) is 0 Å². The molecular formula is C20H18BrN3O3. The molecule has 0 bridgehead atoms. The van der Waals surface area contributed by atoms with Gasteiger partial charge in [0.25, 0.3) is 5.91 Å². The number of fused-ring (bicyclic) bond motifs is 2. The van der Waals surface area contributed by atoms with Crippen LogP contribution < -0.4 is 10.6 Å². The first-order valence-electron chi connectivity index (χ1n) is 8.77. The Morgan fingerprint density at radius 3 is 2.81 bits per heavy atom. The van der Waals surface area contributed by atoms with Crippen LogP contribution in [0.5, 0.6) is 0 Å². The molecule has 6 nitrogen and oxygen atoms in total. The normalized spacial score (nSPS) is 21.1. The lowest BCUT2D eigenvalue weighted by Crippen LogP contribution is -2.47. The van der Waals surface area contributed by atoms with Crippen LogP contribution in [0.1, 0.15) is 24.0 Å². The lowest BCUT2D eigenvalue weighted by Gasteiger charge is -2.33. The third-order valence-electron chi connectivity index (χ3n) is 5.06. The van der Waals surface area contributed by atoms with Crippen molar-refractivity contribution in [1.82, 2.24) is 10.2 Å². The number of rotatable bonds is 3. The highest BCUT2D eigenvalue weighted by atomic mass is 79.9. The van der Waals surface area contributed by atoms with Gasteiger partial charge in [-0.3, -0.25) is 14.5 Å². The number of nitrogens with zero attached hydrogens (tertiary/aromatic N) is 1. The lowest BCUT2D eigenvalue weighted by molar-refractivity contribution is -0.134. The van der Waals surface area contributed by atoms with E-state index in [0.717, 1.165) is 33.3 Å². The Balaban J connectivity index is 1.55. The van der Waals surface area contributed by atoms with Crippen LogP contribution in [0.3, 0.4) is 0 Å². The maximum atomic E-state index is 13.2. The van der Waals surface area contributed by atoms with Gasteiger partial charge in [-0.15, -0.1) is 0 Å². The second kappa shape index (κ2) is 6.81. The summed E-state index contributed by atoms with van der Waals surface area (Å²) in [5.74, 6) is -0.776.